The Kier molecular flexibility index (Phi) is 3.41. The van der Waals surface area contributed by atoms with Crippen LogP contribution in [0.4, 0.5) is 0 Å². The number of aliphatic hydroxyl groups is 1. The highest BCUT2D eigenvalue weighted by molar-refractivity contribution is 5.77. The number of benzene rings is 1. The molecule has 116 valence electrons. The van der Waals surface area contributed by atoms with Crippen molar-refractivity contribution in [3.8, 4) is 0 Å². The molecule has 0 bridgehead atoms. The molecule has 6 nitrogen and oxygen atoms in total. The number of nitrogens with one attached hydrogen (secondary N) is 2. The van der Waals surface area contributed by atoms with Crippen molar-refractivity contribution in [2.24, 2.45) is 5.92 Å². The van der Waals surface area contributed by atoms with Gasteiger partial charge in [0.2, 0.25) is 0 Å². The lowest BCUT2D eigenvalue weighted by molar-refractivity contribution is -0.156. The fourth-order valence-corrected chi connectivity index (χ4v) is 3.40. The first-order chi connectivity index (χ1) is 10.5. The van der Waals surface area contributed by atoms with Crippen LogP contribution < -0.4 is 5.56 Å². The summed E-state index contributed by atoms with van der Waals surface area (Å²) in [6.07, 6.45) is 0.185. The molecule has 1 aromatic heterocycles. The summed E-state index contributed by atoms with van der Waals surface area (Å²) in [4.78, 5) is 24.5. The predicted octanol–water partition coefficient (Wildman–Crippen LogP) is 0.931. The van der Waals surface area contributed by atoms with Crippen molar-refractivity contribution in [2.75, 3.05) is 7.11 Å². The number of aromatic amines is 2. The maximum Gasteiger partial charge on any atom is 0.312 e. The van der Waals surface area contributed by atoms with E-state index in [4.69, 9.17) is 4.74 Å². The summed E-state index contributed by atoms with van der Waals surface area (Å²) in [6.45, 7) is 1.60. The molecule has 6 heteroatoms. The molecule has 1 heterocycles. The maximum atomic E-state index is 12.3. The topological polar surface area (TPSA) is 95.2 Å². The van der Waals surface area contributed by atoms with Crippen molar-refractivity contribution in [3.05, 3.63) is 57.5 Å². The number of H-pyrrole nitrogens is 2. The van der Waals surface area contributed by atoms with Crippen LogP contribution in [-0.2, 0) is 16.0 Å². The van der Waals surface area contributed by atoms with E-state index in [0.717, 1.165) is 5.56 Å². The highest BCUT2D eigenvalue weighted by Gasteiger charge is 2.50. The van der Waals surface area contributed by atoms with Crippen LogP contribution in [0.1, 0.15) is 29.7 Å². The van der Waals surface area contributed by atoms with Gasteiger partial charge in [-0.05, 0) is 12.5 Å². The van der Waals surface area contributed by atoms with Crippen LogP contribution in [-0.4, -0.2) is 34.0 Å². The normalized spacial score (nSPS) is 27.2. The summed E-state index contributed by atoms with van der Waals surface area (Å²) in [5.41, 5.74) is 0.334. The van der Waals surface area contributed by atoms with E-state index in [1.54, 1.807) is 6.92 Å². The Labute approximate surface area is 127 Å². The Morgan fingerprint density at radius 1 is 1.32 bits per heavy atom. The van der Waals surface area contributed by atoms with Crippen molar-refractivity contribution in [3.63, 3.8) is 0 Å². The Balaban J connectivity index is 2.25. The first-order valence-corrected chi connectivity index (χ1v) is 7.10. The van der Waals surface area contributed by atoms with E-state index in [0.29, 0.717) is 11.3 Å². The molecule has 0 saturated carbocycles. The van der Waals surface area contributed by atoms with E-state index in [1.165, 1.54) is 7.11 Å². The number of carbonyl (C=O) groups is 1. The lowest BCUT2D eigenvalue weighted by Gasteiger charge is -2.40. The van der Waals surface area contributed by atoms with Gasteiger partial charge in [0.05, 0.1) is 18.6 Å². The van der Waals surface area contributed by atoms with Crippen molar-refractivity contribution < 1.29 is 14.6 Å². The zero-order chi connectivity index (χ0) is 15.9. The van der Waals surface area contributed by atoms with E-state index in [9.17, 15) is 14.7 Å². The summed E-state index contributed by atoms with van der Waals surface area (Å²) in [5.74, 6) is -1.92. The van der Waals surface area contributed by atoms with Crippen molar-refractivity contribution in [2.45, 2.75) is 24.9 Å². The molecule has 1 aliphatic rings. The summed E-state index contributed by atoms with van der Waals surface area (Å²) in [7, 11) is 1.29. The maximum absolute atomic E-state index is 12.3. The molecular formula is C16H18N2O4. The Bertz CT molecular complexity index is 745. The smallest absolute Gasteiger partial charge is 0.312 e. The summed E-state index contributed by atoms with van der Waals surface area (Å²) < 4.78 is 4.89. The standard InChI is InChI=1S/C16H18N2O4/c1-16(21)8-10-12(14(19)18-17-10)11(13(16)15(20)22-2)9-6-4-3-5-7-9/h3-7,11,13,21H,8H2,1-2H3,(H2,17,18,19)/t11-,13-,16-/m0/s1. The first kappa shape index (κ1) is 14.6. The fraction of sp³-hybridized carbons (Fsp3) is 0.375. The highest BCUT2D eigenvalue weighted by Crippen LogP contribution is 2.44. The minimum Gasteiger partial charge on any atom is -0.469 e. The second kappa shape index (κ2) is 5.14. The van der Waals surface area contributed by atoms with Crippen molar-refractivity contribution in [1.82, 2.24) is 10.2 Å². The third-order valence-electron chi connectivity index (χ3n) is 4.36. The third-order valence-corrected chi connectivity index (χ3v) is 4.36. The van der Waals surface area contributed by atoms with E-state index in [1.807, 2.05) is 30.3 Å². The average Bonchev–Trinajstić information content (AvgIpc) is 2.85. The second-order valence-corrected chi connectivity index (χ2v) is 5.89. The number of hydrogen-bond donors (Lipinski definition) is 3. The molecule has 0 spiro atoms. The van der Waals surface area contributed by atoms with Crippen LogP contribution in [0.2, 0.25) is 0 Å². The number of fused-ring (bicyclic) bond motifs is 1. The minimum absolute atomic E-state index is 0.185. The minimum atomic E-state index is -1.31. The molecule has 0 unspecified atom stereocenters. The van der Waals surface area contributed by atoms with E-state index in [-0.39, 0.29) is 12.0 Å². The Morgan fingerprint density at radius 2 is 2.00 bits per heavy atom. The van der Waals surface area contributed by atoms with Gasteiger partial charge >= 0.3 is 5.97 Å². The number of esters is 1. The zero-order valence-corrected chi connectivity index (χ0v) is 12.4. The third kappa shape index (κ3) is 2.16. The van der Waals surface area contributed by atoms with Gasteiger partial charge in [0, 0.05) is 23.6 Å². The lowest BCUT2D eigenvalue weighted by Crippen LogP contribution is -2.49. The quantitative estimate of drug-likeness (QED) is 0.719. The SMILES string of the molecule is COC(=O)[C@@H]1[C@@H](c2ccccc2)c2c([nH][nH]c2=O)C[C@]1(C)O. The number of ether oxygens (including phenoxy) is 1. The molecule has 0 amide bonds. The van der Waals surface area contributed by atoms with E-state index < -0.39 is 23.4 Å². The van der Waals surface area contributed by atoms with Gasteiger partial charge in [-0.1, -0.05) is 30.3 Å². The summed E-state index contributed by atoms with van der Waals surface area (Å²) in [6, 6.07) is 9.23. The Hall–Kier alpha value is -2.34. The molecule has 0 radical (unpaired) electrons. The van der Waals surface area contributed by atoms with Crippen LogP contribution in [0.5, 0.6) is 0 Å². The first-order valence-electron chi connectivity index (χ1n) is 7.10. The zero-order valence-electron chi connectivity index (χ0n) is 12.4. The van der Waals surface area contributed by atoms with Crippen molar-refractivity contribution in [1.29, 1.82) is 0 Å². The molecule has 3 atom stereocenters. The fourth-order valence-electron chi connectivity index (χ4n) is 3.40. The highest BCUT2D eigenvalue weighted by atomic mass is 16.5. The van der Waals surface area contributed by atoms with Gasteiger partial charge in [-0.3, -0.25) is 14.7 Å². The van der Waals surface area contributed by atoms with Crippen LogP contribution in [0.15, 0.2) is 35.1 Å². The molecule has 1 aromatic carbocycles. The lowest BCUT2D eigenvalue weighted by atomic mass is 9.66. The number of carbonyl (C=O) groups excluding carboxylic acids is 1. The van der Waals surface area contributed by atoms with Gasteiger partial charge in [-0.2, -0.15) is 0 Å². The molecule has 3 rings (SSSR count). The number of methoxy groups -OCH3 is 1. The molecule has 3 N–H and O–H groups in total. The number of rotatable bonds is 2. The van der Waals surface area contributed by atoms with E-state index >= 15 is 0 Å². The van der Waals surface area contributed by atoms with Crippen LogP contribution in [0.3, 0.4) is 0 Å². The average molecular weight is 302 g/mol. The van der Waals surface area contributed by atoms with E-state index in [2.05, 4.69) is 10.2 Å². The van der Waals surface area contributed by atoms with Gasteiger partial charge in [-0.15, -0.1) is 0 Å². The molecular weight excluding hydrogens is 284 g/mol. The van der Waals surface area contributed by atoms with Gasteiger partial charge in [0.25, 0.3) is 5.56 Å². The summed E-state index contributed by atoms with van der Waals surface area (Å²) in [5, 5.41) is 16.1. The second-order valence-electron chi connectivity index (χ2n) is 5.89. The predicted molar refractivity (Wildman–Crippen MR) is 79.5 cm³/mol. The van der Waals surface area contributed by atoms with Gasteiger partial charge in [-0.25, -0.2) is 0 Å². The Morgan fingerprint density at radius 3 is 2.64 bits per heavy atom. The van der Waals surface area contributed by atoms with Crippen LogP contribution >= 0.6 is 0 Å². The summed E-state index contributed by atoms with van der Waals surface area (Å²) >= 11 is 0. The molecule has 1 aliphatic carbocycles. The molecule has 22 heavy (non-hydrogen) atoms. The molecule has 0 saturated heterocycles. The number of aromatic nitrogens is 2. The number of hydrogen-bond acceptors (Lipinski definition) is 4. The van der Waals surface area contributed by atoms with Gasteiger partial charge in [0.15, 0.2) is 0 Å². The largest absolute Gasteiger partial charge is 0.469 e. The van der Waals surface area contributed by atoms with Gasteiger partial charge in [0.1, 0.15) is 0 Å². The molecule has 0 fully saturated rings. The molecule has 0 aliphatic heterocycles. The van der Waals surface area contributed by atoms with Crippen LogP contribution in [0, 0.1) is 5.92 Å². The monoisotopic (exact) mass is 302 g/mol. The van der Waals surface area contributed by atoms with Gasteiger partial charge < -0.3 is 14.9 Å². The van der Waals surface area contributed by atoms with Crippen molar-refractivity contribution >= 4 is 5.97 Å². The van der Waals surface area contributed by atoms with Crippen LogP contribution in [0.25, 0.3) is 0 Å². The molecule has 2 aromatic rings.